The molecule has 4 heteroatoms. The Bertz CT molecular complexity index is 240. The van der Waals surface area contributed by atoms with Crippen LogP contribution in [0.25, 0.3) is 0 Å². The molecule has 1 aromatic rings. The van der Waals surface area contributed by atoms with Gasteiger partial charge < -0.3 is 4.84 Å². The van der Waals surface area contributed by atoms with E-state index in [1.54, 1.807) is 18.2 Å². The summed E-state index contributed by atoms with van der Waals surface area (Å²) in [6.07, 6.45) is 0. The highest BCUT2D eigenvalue weighted by molar-refractivity contribution is 6.31. The van der Waals surface area contributed by atoms with E-state index < -0.39 is 0 Å². The largest absolute Gasteiger partial charge is 0.412 e. The number of aryl methyl sites for hydroxylation is 1. The van der Waals surface area contributed by atoms with Crippen molar-refractivity contribution in [3.05, 3.63) is 28.8 Å². The summed E-state index contributed by atoms with van der Waals surface area (Å²) in [5.74, 6) is 5.55. The van der Waals surface area contributed by atoms with Crippen molar-refractivity contribution in [1.82, 2.24) is 0 Å². The molecule has 0 aromatic heterocycles. The van der Waals surface area contributed by atoms with Crippen molar-refractivity contribution in [2.45, 2.75) is 6.92 Å². The summed E-state index contributed by atoms with van der Waals surface area (Å²) in [6.45, 7) is 1.89. The van der Waals surface area contributed by atoms with E-state index in [2.05, 4.69) is 4.84 Å². The summed E-state index contributed by atoms with van der Waals surface area (Å²) in [6, 6.07) is 5.25. The van der Waals surface area contributed by atoms with Gasteiger partial charge in [-0.05, 0) is 30.7 Å². The maximum absolute atomic E-state index is 5.74. The van der Waals surface area contributed by atoms with Crippen molar-refractivity contribution < 1.29 is 4.84 Å². The van der Waals surface area contributed by atoms with Crippen molar-refractivity contribution in [3.8, 4) is 5.75 Å². The number of rotatable bonds is 1. The third-order valence-corrected chi connectivity index (χ3v) is 1.69. The molecule has 11 heavy (non-hydrogen) atoms. The SMILES string of the molecule is Cc1cc(ON)ccc1Cl.Cl. The molecule has 0 unspecified atom stereocenters. The molecule has 0 aliphatic carbocycles. The molecule has 1 rings (SSSR count). The maximum Gasteiger partial charge on any atom is 0.147 e. The van der Waals surface area contributed by atoms with Crippen LogP contribution in [-0.2, 0) is 0 Å². The maximum atomic E-state index is 5.74. The second-order valence-corrected chi connectivity index (χ2v) is 2.44. The van der Waals surface area contributed by atoms with Crippen molar-refractivity contribution in [2.24, 2.45) is 5.90 Å². The Morgan fingerprint density at radius 3 is 2.55 bits per heavy atom. The number of halogens is 2. The smallest absolute Gasteiger partial charge is 0.147 e. The Morgan fingerprint density at radius 2 is 2.09 bits per heavy atom. The summed E-state index contributed by atoms with van der Waals surface area (Å²) in [5.41, 5.74) is 0.963. The first-order valence-electron chi connectivity index (χ1n) is 2.87. The van der Waals surface area contributed by atoms with Gasteiger partial charge in [0.05, 0.1) is 0 Å². The minimum atomic E-state index is 0. The Hall–Kier alpha value is -0.440. The van der Waals surface area contributed by atoms with Crippen LogP contribution < -0.4 is 10.7 Å². The van der Waals surface area contributed by atoms with Gasteiger partial charge in [-0.1, -0.05) is 11.6 Å². The van der Waals surface area contributed by atoms with Crippen LogP contribution in [0.3, 0.4) is 0 Å². The van der Waals surface area contributed by atoms with Gasteiger partial charge >= 0.3 is 0 Å². The monoisotopic (exact) mass is 193 g/mol. The van der Waals surface area contributed by atoms with Gasteiger partial charge in [-0.2, -0.15) is 5.90 Å². The zero-order chi connectivity index (χ0) is 7.56. The third kappa shape index (κ3) is 2.58. The van der Waals surface area contributed by atoms with Gasteiger partial charge in [0.1, 0.15) is 5.75 Å². The molecule has 1 aromatic carbocycles. The number of benzene rings is 1. The molecular weight excluding hydrogens is 185 g/mol. The van der Waals surface area contributed by atoms with Crippen LogP contribution >= 0.6 is 24.0 Å². The zero-order valence-electron chi connectivity index (χ0n) is 6.00. The number of hydrogen-bond acceptors (Lipinski definition) is 2. The fraction of sp³-hybridized carbons (Fsp3) is 0.143. The molecule has 0 saturated heterocycles. The van der Waals surface area contributed by atoms with Crippen molar-refractivity contribution in [1.29, 1.82) is 0 Å². The average Bonchev–Trinajstić information content (AvgIpc) is 1.95. The Morgan fingerprint density at radius 1 is 1.45 bits per heavy atom. The Kier molecular flexibility index (Phi) is 4.26. The highest BCUT2D eigenvalue weighted by Crippen LogP contribution is 2.19. The van der Waals surface area contributed by atoms with Crippen molar-refractivity contribution in [2.75, 3.05) is 0 Å². The van der Waals surface area contributed by atoms with E-state index in [0.29, 0.717) is 5.75 Å². The fourth-order valence-corrected chi connectivity index (χ4v) is 0.808. The van der Waals surface area contributed by atoms with Gasteiger partial charge in [-0.25, -0.2) is 0 Å². The average molecular weight is 194 g/mol. The standard InChI is InChI=1S/C7H8ClNO.ClH/c1-5-4-6(10-9)2-3-7(5)8;/h2-4H,9H2,1H3;1H. The summed E-state index contributed by atoms with van der Waals surface area (Å²) in [7, 11) is 0. The lowest BCUT2D eigenvalue weighted by molar-refractivity contribution is 0.334. The molecule has 2 nitrogen and oxygen atoms in total. The lowest BCUT2D eigenvalue weighted by Crippen LogP contribution is -2.01. The topological polar surface area (TPSA) is 35.2 Å². The first kappa shape index (κ1) is 10.6. The van der Waals surface area contributed by atoms with Gasteiger partial charge in [-0.15, -0.1) is 12.4 Å². The molecule has 0 saturated carbocycles. The highest BCUT2D eigenvalue weighted by atomic mass is 35.5. The van der Waals surface area contributed by atoms with Gasteiger partial charge in [0, 0.05) is 5.02 Å². The quantitative estimate of drug-likeness (QED) is 0.696. The normalized spacial score (nSPS) is 8.64. The Balaban J connectivity index is 0.000001000. The van der Waals surface area contributed by atoms with E-state index in [1.807, 2.05) is 6.92 Å². The summed E-state index contributed by atoms with van der Waals surface area (Å²) in [4.78, 5) is 4.49. The minimum absolute atomic E-state index is 0. The highest BCUT2D eigenvalue weighted by Gasteiger charge is 1.95. The molecule has 0 amide bonds. The number of hydrogen-bond donors (Lipinski definition) is 1. The van der Waals surface area contributed by atoms with Crippen LogP contribution in [0, 0.1) is 6.92 Å². The third-order valence-electron chi connectivity index (χ3n) is 1.27. The second-order valence-electron chi connectivity index (χ2n) is 2.03. The van der Waals surface area contributed by atoms with Crippen molar-refractivity contribution >= 4 is 24.0 Å². The van der Waals surface area contributed by atoms with Crippen LogP contribution in [0.2, 0.25) is 5.02 Å². The molecule has 0 fully saturated rings. The first-order chi connectivity index (χ1) is 4.74. The molecular formula is C7H9Cl2NO. The second kappa shape index (κ2) is 4.44. The van der Waals surface area contributed by atoms with E-state index in [0.717, 1.165) is 10.6 Å². The van der Waals surface area contributed by atoms with Crippen LogP contribution in [0.5, 0.6) is 5.75 Å². The molecule has 2 N–H and O–H groups in total. The molecule has 0 atom stereocenters. The fourth-order valence-electron chi connectivity index (χ4n) is 0.690. The van der Waals surface area contributed by atoms with Crippen LogP contribution in [0.4, 0.5) is 0 Å². The lowest BCUT2D eigenvalue weighted by atomic mass is 10.2. The molecule has 0 heterocycles. The lowest BCUT2D eigenvalue weighted by Gasteiger charge is -2.00. The zero-order valence-corrected chi connectivity index (χ0v) is 7.58. The first-order valence-corrected chi connectivity index (χ1v) is 3.24. The molecule has 0 aliphatic rings. The summed E-state index contributed by atoms with van der Waals surface area (Å²) >= 11 is 5.74. The van der Waals surface area contributed by atoms with Gasteiger partial charge in [0.25, 0.3) is 0 Å². The molecule has 0 bridgehead atoms. The van der Waals surface area contributed by atoms with E-state index >= 15 is 0 Å². The van der Waals surface area contributed by atoms with Gasteiger partial charge in [0.15, 0.2) is 0 Å². The Labute approximate surface area is 76.7 Å². The van der Waals surface area contributed by atoms with E-state index in [1.165, 1.54) is 0 Å². The van der Waals surface area contributed by atoms with Crippen LogP contribution in [0.15, 0.2) is 18.2 Å². The predicted molar refractivity (Wildman–Crippen MR) is 48.3 cm³/mol. The van der Waals surface area contributed by atoms with Gasteiger partial charge in [-0.3, -0.25) is 0 Å². The minimum Gasteiger partial charge on any atom is -0.412 e. The predicted octanol–water partition coefficient (Wildman–Crippen LogP) is 2.32. The van der Waals surface area contributed by atoms with Crippen LogP contribution in [-0.4, -0.2) is 0 Å². The molecule has 0 radical (unpaired) electrons. The van der Waals surface area contributed by atoms with Crippen LogP contribution in [0.1, 0.15) is 5.56 Å². The van der Waals surface area contributed by atoms with E-state index in [4.69, 9.17) is 17.5 Å². The number of nitrogens with two attached hydrogens (primary N) is 1. The van der Waals surface area contributed by atoms with Crippen molar-refractivity contribution in [3.63, 3.8) is 0 Å². The van der Waals surface area contributed by atoms with E-state index in [9.17, 15) is 0 Å². The van der Waals surface area contributed by atoms with E-state index in [-0.39, 0.29) is 12.4 Å². The molecule has 62 valence electrons. The molecule has 0 aliphatic heterocycles. The summed E-state index contributed by atoms with van der Waals surface area (Å²) < 4.78 is 0. The summed E-state index contributed by atoms with van der Waals surface area (Å²) in [5, 5.41) is 0.723. The molecule has 0 spiro atoms. The van der Waals surface area contributed by atoms with Gasteiger partial charge in [0.2, 0.25) is 0 Å².